The predicted octanol–water partition coefficient (Wildman–Crippen LogP) is 2.99. The van der Waals surface area contributed by atoms with Gasteiger partial charge in [-0.25, -0.2) is 4.39 Å². The van der Waals surface area contributed by atoms with Crippen molar-refractivity contribution in [1.82, 2.24) is 0 Å². The molecule has 0 saturated heterocycles. The van der Waals surface area contributed by atoms with Gasteiger partial charge in [-0.15, -0.1) is 0 Å². The van der Waals surface area contributed by atoms with Crippen molar-refractivity contribution in [3.05, 3.63) is 52.8 Å². The Morgan fingerprint density at radius 1 is 1.35 bits per heavy atom. The molecule has 5 nitrogen and oxygen atoms in total. The maximum Gasteiger partial charge on any atom is 0.262 e. The number of hydrogen-bond acceptors (Lipinski definition) is 3. The molecular weight excluding hydrogens is 323 g/mol. The Morgan fingerprint density at radius 2 is 2.13 bits per heavy atom. The van der Waals surface area contributed by atoms with Crippen molar-refractivity contribution in [2.45, 2.75) is 6.42 Å². The number of fused-ring (bicyclic) bond motifs is 1. The summed E-state index contributed by atoms with van der Waals surface area (Å²) >= 11 is 6.02. The van der Waals surface area contributed by atoms with Crippen LogP contribution in [0.15, 0.2) is 36.4 Å². The molecule has 1 aliphatic heterocycles. The Balaban J connectivity index is 1.81. The number of ether oxygens (including phenoxy) is 1. The fourth-order valence-electron chi connectivity index (χ4n) is 2.27. The van der Waals surface area contributed by atoms with Crippen LogP contribution in [0.2, 0.25) is 5.02 Å². The zero-order valence-corrected chi connectivity index (χ0v) is 12.6. The van der Waals surface area contributed by atoms with Crippen LogP contribution in [0.4, 0.5) is 15.8 Å². The largest absolute Gasteiger partial charge is 0.479 e. The number of halogens is 2. The Bertz CT molecular complexity index is 795. The van der Waals surface area contributed by atoms with Gasteiger partial charge in [0.1, 0.15) is 5.82 Å². The number of rotatable bonds is 3. The van der Waals surface area contributed by atoms with E-state index in [2.05, 4.69) is 10.6 Å². The van der Waals surface area contributed by atoms with E-state index in [9.17, 15) is 14.0 Å². The summed E-state index contributed by atoms with van der Waals surface area (Å²) in [5.74, 6) is -1.11. The Hall–Kier alpha value is -2.60. The molecule has 2 aromatic carbocycles. The molecule has 23 heavy (non-hydrogen) atoms. The van der Waals surface area contributed by atoms with Crippen LogP contribution in [-0.4, -0.2) is 18.4 Å². The molecule has 7 heteroatoms. The van der Waals surface area contributed by atoms with Crippen molar-refractivity contribution in [1.29, 1.82) is 0 Å². The summed E-state index contributed by atoms with van der Waals surface area (Å²) in [6.45, 7) is -0.188. The molecule has 0 saturated carbocycles. The lowest BCUT2D eigenvalue weighted by Crippen LogP contribution is -2.26. The van der Waals surface area contributed by atoms with E-state index in [-0.39, 0.29) is 42.0 Å². The first-order valence-electron chi connectivity index (χ1n) is 6.82. The second-order valence-electron chi connectivity index (χ2n) is 4.98. The van der Waals surface area contributed by atoms with Gasteiger partial charge >= 0.3 is 0 Å². The summed E-state index contributed by atoms with van der Waals surface area (Å²) in [5.41, 5.74) is 1.01. The molecule has 0 unspecified atom stereocenters. The lowest BCUT2D eigenvalue weighted by molar-refractivity contribution is -0.118. The Labute approximate surface area is 136 Å². The molecule has 0 spiro atoms. The molecule has 1 heterocycles. The lowest BCUT2D eigenvalue weighted by atomic mass is 10.1. The minimum absolute atomic E-state index is 0.0390. The third-order valence-corrected chi connectivity index (χ3v) is 3.63. The fraction of sp³-hybridized carbons (Fsp3) is 0.125. The highest BCUT2D eigenvalue weighted by Crippen LogP contribution is 2.36. The SMILES string of the molecule is O=C1COc2c(cc(F)cc2NC(=O)Cc2ccccc2Cl)N1. The monoisotopic (exact) mass is 334 g/mol. The number of hydrogen-bond donors (Lipinski definition) is 2. The van der Waals surface area contributed by atoms with Crippen LogP contribution in [0.1, 0.15) is 5.56 Å². The van der Waals surface area contributed by atoms with Crippen molar-refractivity contribution in [2.24, 2.45) is 0 Å². The number of anilines is 2. The third-order valence-electron chi connectivity index (χ3n) is 3.26. The third kappa shape index (κ3) is 3.43. The van der Waals surface area contributed by atoms with E-state index in [4.69, 9.17) is 16.3 Å². The van der Waals surface area contributed by atoms with E-state index in [0.29, 0.717) is 10.6 Å². The van der Waals surface area contributed by atoms with Gasteiger partial charge in [0.25, 0.3) is 5.91 Å². The maximum atomic E-state index is 13.6. The van der Waals surface area contributed by atoms with Gasteiger partial charge in [-0.2, -0.15) is 0 Å². The van der Waals surface area contributed by atoms with E-state index >= 15 is 0 Å². The van der Waals surface area contributed by atoms with Crippen LogP contribution in [0.3, 0.4) is 0 Å². The molecule has 2 amide bonds. The van der Waals surface area contributed by atoms with E-state index in [1.165, 1.54) is 0 Å². The standard InChI is InChI=1S/C16H12ClFN2O3/c17-11-4-2-1-3-9(11)5-14(21)19-12-6-10(18)7-13-16(12)23-8-15(22)20-13/h1-4,6-7H,5,8H2,(H,19,21)(H,20,22). The van der Waals surface area contributed by atoms with Gasteiger partial charge in [-0.05, 0) is 11.6 Å². The molecule has 118 valence electrons. The summed E-state index contributed by atoms with van der Waals surface area (Å²) in [6.07, 6.45) is 0.0390. The van der Waals surface area contributed by atoms with Gasteiger partial charge in [0, 0.05) is 17.2 Å². The average molecular weight is 335 g/mol. The highest BCUT2D eigenvalue weighted by molar-refractivity contribution is 6.31. The molecule has 0 radical (unpaired) electrons. The second kappa shape index (κ2) is 6.26. The van der Waals surface area contributed by atoms with Crippen LogP contribution < -0.4 is 15.4 Å². The van der Waals surface area contributed by atoms with Crippen molar-refractivity contribution in [2.75, 3.05) is 17.2 Å². The molecule has 0 aromatic heterocycles. The topological polar surface area (TPSA) is 67.4 Å². The fourth-order valence-corrected chi connectivity index (χ4v) is 2.47. The molecule has 0 fully saturated rings. The van der Waals surface area contributed by atoms with Gasteiger partial charge in [-0.3, -0.25) is 9.59 Å². The number of carbonyl (C=O) groups excluding carboxylic acids is 2. The van der Waals surface area contributed by atoms with Gasteiger partial charge in [0.05, 0.1) is 17.8 Å². The van der Waals surface area contributed by atoms with E-state index in [1.807, 2.05) is 0 Å². The summed E-state index contributed by atoms with van der Waals surface area (Å²) < 4.78 is 18.9. The van der Waals surface area contributed by atoms with Crippen LogP contribution >= 0.6 is 11.6 Å². The predicted molar refractivity (Wildman–Crippen MR) is 84.3 cm³/mol. The molecule has 1 aliphatic rings. The number of amides is 2. The molecule has 0 atom stereocenters. The first kappa shape index (κ1) is 15.3. The zero-order valence-electron chi connectivity index (χ0n) is 11.9. The van der Waals surface area contributed by atoms with E-state index in [1.54, 1.807) is 24.3 Å². The van der Waals surface area contributed by atoms with Gasteiger partial charge < -0.3 is 15.4 Å². The summed E-state index contributed by atoms with van der Waals surface area (Å²) in [6, 6.07) is 9.24. The van der Waals surface area contributed by atoms with Crippen molar-refractivity contribution in [3.63, 3.8) is 0 Å². The first-order chi connectivity index (χ1) is 11.0. The van der Waals surface area contributed by atoms with Crippen molar-refractivity contribution >= 4 is 34.8 Å². The van der Waals surface area contributed by atoms with Crippen LogP contribution in [-0.2, 0) is 16.0 Å². The highest BCUT2D eigenvalue weighted by atomic mass is 35.5. The Kier molecular flexibility index (Phi) is 4.16. The molecule has 0 bridgehead atoms. The van der Waals surface area contributed by atoms with E-state index in [0.717, 1.165) is 12.1 Å². The highest BCUT2D eigenvalue weighted by Gasteiger charge is 2.22. The van der Waals surface area contributed by atoms with Gasteiger partial charge in [0.15, 0.2) is 12.4 Å². The van der Waals surface area contributed by atoms with Crippen LogP contribution in [0, 0.1) is 5.82 Å². The van der Waals surface area contributed by atoms with Gasteiger partial charge in [-0.1, -0.05) is 29.8 Å². The van der Waals surface area contributed by atoms with Crippen molar-refractivity contribution in [3.8, 4) is 5.75 Å². The average Bonchev–Trinajstić information content (AvgIpc) is 2.49. The molecule has 2 aromatic rings. The maximum absolute atomic E-state index is 13.6. The number of carbonyl (C=O) groups is 2. The summed E-state index contributed by atoms with van der Waals surface area (Å²) in [4.78, 5) is 23.4. The normalized spacial score (nSPS) is 12.9. The number of nitrogens with one attached hydrogen (secondary N) is 2. The van der Waals surface area contributed by atoms with Crippen LogP contribution in [0.25, 0.3) is 0 Å². The lowest BCUT2D eigenvalue weighted by Gasteiger charge is -2.21. The minimum atomic E-state index is -0.595. The molecule has 0 aliphatic carbocycles. The second-order valence-corrected chi connectivity index (χ2v) is 5.39. The molecular formula is C16H12ClFN2O3. The van der Waals surface area contributed by atoms with E-state index < -0.39 is 5.82 Å². The molecule has 3 rings (SSSR count). The first-order valence-corrected chi connectivity index (χ1v) is 7.20. The number of benzene rings is 2. The summed E-state index contributed by atoms with van der Waals surface area (Å²) in [5, 5.41) is 5.56. The smallest absolute Gasteiger partial charge is 0.262 e. The summed E-state index contributed by atoms with van der Waals surface area (Å²) in [7, 11) is 0. The van der Waals surface area contributed by atoms with Gasteiger partial charge in [0.2, 0.25) is 5.91 Å². The minimum Gasteiger partial charge on any atom is -0.479 e. The zero-order chi connectivity index (χ0) is 16.4. The van der Waals surface area contributed by atoms with Crippen LogP contribution in [0.5, 0.6) is 5.75 Å². The Morgan fingerprint density at radius 3 is 2.91 bits per heavy atom. The van der Waals surface area contributed by atoms with Crippen molar-refractivity contribution < 1.29 is 18.7 Å². The quantitative estimate of drug-likeness (QED) is 0.906. The molecule has 2 N–H and O–H groups in total.